The van der Waals surface area contributed by atoms with Crippen LogP contribution in [0.4, 0.5) is 0 Å². The quantitative estimate of drug-likeness (QED) is 0.802. The third-order valence-corrected chi connectivity index (χ3v) is 5.17. The van der Waals surface area contributed by atoms with Crippen LogP contribution in [0.15, 0.2) is 0 Å². The summed E-state index contributed by atoms with van der Waals surface area (Å²) in [4.78, 5) is 0. The lowest BCUT2D eigenvalue weighted by molar-refractivity contribution is -0.0411. The molecule has 3 heterocycles. The maximum atomic E-state index is 8.47. The van der Waals surface area contributed by atoms with Crippen molar-refractivity contribution in [2.24, 2.45) is 0 Å². The molecule has 6 heteroatoms. The lowest BCUT2D eigenvalue weighted by Crippen LogP contribution is -2.41. The van der Waals surface area contributed by atoms with Crippen LogP contribution in [0.2, 0.25) is 0 Å². The molecule has 3 rings (SSSR count). The molecule has 1 unspecified atom stereocenters. The van der Waals surface area contributed by atoms with Crippen molar-refractivity contribution < 1.29 is 20.9 Å². The fraction of sp³-hybridized carbons (Fsp3) is 0.824. The number of hydrogen-bond acceptors (Lipinski definition) is 4. The summed E-state index contributed by atoms with van der Waals surface area (Å²) >= 11 is 0. The van der Waals surface area contributed by atoms with E-state index in [1.54, 1.807) is 6.92 Å². The summed E-state index contributed by atoms with van der Waals surface area (Å²) in [6.07, 6.45) is -0.674. The number of aromatic nitrogens is 2. The van der Waals surface area contributed by atoms with Gasteiger partial charge in [-0.1, -0.05) is 6.85 Å². The van der Waals surface area contributed by atoms with E-state index in [0.717, 1.165) is 12.8 Å². The first-order valence-electron chi connectivity index (χ1n) is 10.8. The van der Waals surface area contributed by atoms with Crippen LogP contribution in [0.25, 0.3) is 0 Å². The van der Waals surface area contributed by atoms with Crippen LogP contribution < -0.4 is 5.46 Å². The Bertz CT molecular complexity index is 726. The van der Waals surface area contributed by atoms with Gasteiger partial charge in [0.05, 0.1) is 16.9 Å². The molecular weight excluding hydrogens is 291 g/mol. The molecule has 0 amide bonds. The summed E-state index contributed by atoms with van der Waals surface area (Å²) in [5, 5.41) is 4.50. The molecule has 0 aromatic carbocycles. The average Bonchev–Trinajstić information content (AvgIpc) is 3.01. The van der Waals surface area contributed by atoms with Gasteiger partial charge >= 0.3 is 7.12 Å². The van der Waals surface area contributed by atoms with E-state index in [2.05, 4.69) is 5.10 Å². The molecule has 0 aliphatic carbocycles. The first-order chi connectivity index (χ1) is 12.7. The van der Waals surface area contributed by atoms with Crippen molar-refractivity contribution in [3.63, 3.8) is 0 Å². The molecule has 2 aliphatic heterocycles. The lowest BCUT2D eigenvalue weighted by Gasteiger charge is -2.32. The monoisotopic (exact) mass is 325 g/mol. The van der Waals surface area contributed by atoms with Crippen molar-refractivity contribution >= 4 is 12.6 Å². The molecule has 2 aliphatic rings. The van der Waals surface area contributed by atoms with Gasteiger partial charge in [-0.2, -0.15) is 5.10 Å². The second kappa shape index (κ2) is 5.90. The molecule has 1 atom stereocenters. The molecule has 23 heavy (non-hydrogen) atoms. The van der Waals surface area contributed by atoms with Gasteiger partial charge in [-0.3, -0.25) is 0 Å². The first-order valence-corrected chi connectivity index (χ1v) is 8.26. The predicted molar refractivity (Wildman–Crippen MR) is 90.9 cm³/mol. The summed E-state index contributed by atoms with van der Waals surface area (Å²) in [6.45, 7) is 6.96. The van der Waals surface area contributed by atoms with Gasteiger partial charge in [0.15, 0.2) is 0 Å². The van der Waals surface area contributed by atoms with Crippen LogP contribution in [0, 0.1) is 6.92 Å². The maximum absolute atomic E-state index is 8.47. The van der Waals surface area contributed by atoms with E-state index in [4.69, 9.17) is 20.9 Å². The van der Waals surface area contributed by atoms with E-state index in [1.165, 1.54) is 4.68 Å². The SMILES string of the molecule is [2H]C([2H])([2H])C([2H])([2H])c1c(B2OC(C)(C)C(C)(C)O2)c(C)nn1C1CCCCO1. The summed E-state index contributed by atoms with van der Waals surface area (Å²) in [5.41, 5.74) is -0.505. The van der Waals surface area contributed by atoms with E-state index < -0.39 is 37.8 Å². The van der Waals surface area contributed by atoms with Crippen LogP contribution in [-0.4, -0.2) is 34.7 Å². The second-order valence-corrected chi connectivity index (χ2v) is 7.33. The number of ether oxygens (including phenoxy) is 1. The van der Waals surface area contributed by atoms with Gasteiger partial charge in [0, 0.05) is 24.6 Å². The van der Waals surface area contributed by atoms with Gasteiger partial charge in [-0.15, -0.1) is 0 Å². The molecule has 5 nitrogen and oxygen atoms in total. The zero-order valence-corrected chi connectivity index (χ0v) is 14.6. The van der Waals surface area contributed by atoms with Gasteiger partial charge in [0.25, 0.3) is 0 Å². The Morgan fingerprint density at radius 2 is 2.00 bits per heavy atom. The third kappa shape index (κ3) is 2.85. The Labute approximate surface area is 146 Å². The number of hydrogen-bond donors (Lipinski definition) is 0. The van der Waals surface area contributed by atoms with E-state index in [9.17, 15) is 0 Å². The fourth-order valence-corrected chi connectivity index (χ4v) is 3.05. The molecule has 0 spiro atoms. The van der Waals surface area contributed by atoms with Crippen molar-refractivity contribution in [3.05, 3.63) is 11.4 Å². The Balaban J connectivity index is 2.16. The molecule has 1 aromatic rings. The topological polar surface area (TPSA) is 45.5 Å². The van der Waals surface area contributed by atoms with E-state index in [0.29, 0.717) is 24.2 Å². The minimum absolute atomic E-state index is 0.0459. The number of aryl methyl sites for hydroxylation is 1. The summed E-state index contributed by atoms with van der Waals surface area (Å²) in [5.74, 6) is 0. The first kappa shape index (κ1) is 11.7. The summed E-state index contributed by atoms with van der Waals surface area (Å²) < 4.78 is 59.8. The van der Waals surface area contributed by atoms with Crippen LogP contribution >= 0.6 is 0 Å². The summed E-state index contributed by atoms with van der Waals surface area (Å²) in [6, 6.07) is 0. The molecule has 128 valence electrons. The van der Waals surface area contributed by atoms with Crippen molar-refractivity contribution in [2.45, 2.75) is 84.5 Å². The molecule has 0 bridgehead atoms. The van der Waals surface area contributed by atoms with Gasteiger partial charge in [-0.25, -0.2) is 4.68 Å². The molecular formula is C17H29BN2O3. The highest BCUT2D eigenvalue weighted by Crippen LogP contribution is 2.37. The lowest BCUT2D eigenvalue weighted by atomic mass is 9.76. The average molecular weight is 325 g/mol. The normalized spacial score (nSPS) is 31.1. The molecule has 2 fully saturated rings. The molecule has 0 radical (unpaired) electrons. The van der Waals surface area contributed by atoms with Gasteiger partial charge in [-0.05, 0) is 60.3 Å². The van der Waals surface area contributed by atoms with E-state index in [-0.39, 0.29) is 5.69 Å². The predicted octanol–water partition coefficient (Wildman–Crippen LogP) is 2.75. The van der Waals surface area contributed by atoms with Gasteiger partial charge in [0.1, 0.15) is 6.23 Å². The van der Waals surface area contributed by atoms with E-state index >= 15 is 0 Å². The van der Waals surface area contributed by atoms with Crippen LogP contribution in [0.5, 0.6) is 0 Å². The highest BCUT2D eigenvalue weighted by Gasteiger charge is 2.53. The number of rotatable bonds is 3. The Hall–Kier alpha value is -0.845. The Morgan fingerprint density at radius 1 is 1.30 bits per heavy atom. The highest BCUT2D eigenvalue weighted by molar-refractivity contribution is 6.63. The molecule has 0 N–H and O–H groups in total. The maximum Gasteiger partial charge on any atom is 0.498 e. The largest absolute Gasteiger partial charge is 0.498 e. The van der Waals surface area contributed by atoms with E-state index in [1.807, 2.05) is 27.7 Å². The fourth-order valence-electron chi connectivity index (χ4n) is 3.05. The van der Waals surface area contributed by atoms with Gasteiger partial charge in [0.2, 0.25) is 0 Å². The standard InChI is InChI=1S/C17H29BN2O3/c1-7-13-15(18-22-16(3,4)17(5,6)23-18)12(2)19-20(13)14-10-8-9-11-21-14/h14H,7-11H2,1-6H3/i1D3,7D2. The molecule has 0 saturated carbocycles. The zero-order chi connectivity index (χ0) is 21.1. The van der Waals surface area contributed by atoms with Crippen LogP contribution in [0.1, 0.15) is 78.3 Å². The minimum Gasteiger partial charge on any atom is -0.399 e. The van der Waals surface area contributed by atoms with Crippen molar-refractivity contribution in [1.82, 2.24) is 9.78 Å². The smallest absolute Gasteiger partial charge is 0.399 e. The summed E-state index contributed by atoms with van der Waals surface area (Å²) in [7, 11) is -0.908. The second-order valence-electron chi connectivity index (χ2n) is 7.33. The van der Waals surface area contributed by atoms with Crippen LogP contribution in [-0.2, 0) is 20.4 Å². The van der Waals surface area contributed by atoms with Crippen molar-refractivity contribution in [1.29, 1.82) is 0 Å². The Morgan fingerprint density at radius 3 is 2.57 bits per heavy atom. The molecule has 2 saturated heterocycles. The minimum atomic E-state index is -2.88. The highest BCUT2D eigenvalue weighted by atomic mass is 16.7. The third-order valence-electron chi connectivity index (χ3n) is 5.17. The Kier molecular flexibility index (Phi) is 2.99. The van der Waals surface area contributed by atoms with Crippen LogP contribution in [0.3, 0.4) is 0 Å². The molecule has 1 aromatic heterocycles. The van der Waals surface area contributed by atoms with Crippen molar-refractivity contribution in [2.75, 3.05) is 6.61 Å². The van der Waals surface area contributed by atoms with Gasteiger partial charge < -0.3 is 14.0 Å². The number of nitrogens with zero attached hydrogens (tertiary/aromatic N) is 2. The zero-order valence-electron chi connectivity index (χ0n) is 19.6. The van der Waals surface area contributed by atoms with Crippen molar-refractivity contribution in [3.8, 4) is 0 Å².